The van der Waals surface area contributed by atoms with Crippen LogP contribution in [0.5, 0.6) is 0 Å². The van der Waals surface area contributed by atoms with Gasteiger partial charge in [-0.15, -0.1) is 11.3 Å². The number of rotatable bonds is 4. The van der Waals surface area contributed by atoms with Gasteiger partial charge < -0.3 is 5.11 Å². The Morgan fingerprint density at radius 2 is 1.70 bits per heavy atom. The zero-order valence-corrected chi connectivity index (χ0v) is 18.1. The normalized spacial score (nSPS) is 23.0. The number of carbonyl (C=O) groups is 1. The predicted octanol–water partition coefficient (Wildman–Crippen LogP) is 2.95. The molecule has 4 rings (SSSR count). The third-order valence-electron chi connectivity index (χ3n) is 6.09. The molecule has 3 fully saturated rings. The number of sulfonamides is 1. The molecule has 30 heavy (non-hydrogen) atoms. The first kappa shape index (κ1) is 23.4. The number of alkyl halides is 3. The fourth-order valence-corrected chi connectivity index (χ4v) is 6.50. The Labute approximate surface area is 177 Å². The Morgan fingerprint density at radius 3 is 2.13 bits per heavy atom. The molecule has 12 heteroatoms. The molecule has 3 aliphatic rings. The van der Waals surface area contributed by atoms with Gasteiger partial charge in [0.2, 0.25) is 10.0 Å². The molecule has 2 saturated heterocycles. The van der Waals surface area contributed by atoms with Gasteiger partial charge in [-0.2, -0.15) is 13.2 Å². The van der Waals surface area contributed by atoms with Gasteiger partial charge in [-0.1, -0.05) is 0 Å². The second kappa shape index (κ2) is 9.09. The van der Waals surface area contributed by atoms with Crippen LogP contribution < -0.4 is 0 Å². The van der Waals surface area contributed by atoms with Crippen molar-refractivity contribution in [2.45, 2.75) is 56.5 Å². The number of carboxylic acid groups (broad SMARTS) is 1. The van der Waals surface area contributed by atoms with Crippen LogP contribution in [0.4, 0.5) is 13.2 Å². The van der Waals surface area contributed by atoms with Crippen LogP contribution in [0.15, 0.2) is 11.6 Å². The van der Waals surface area contributed by atoms with Crippen LogP contribution in [0.25, 0.3) is 0 Å². The van der Waals surface area contributed by atoms with Crippen LogP contribution in [0.1, 0.15) is 43.5 Å². The molecule has 0 amide bonds. The molecule has 170 valence electrons. The van der Waals surface area contributed by atoms with Crippen LogP contribution in [0.3, 0.4) is 0 Å². The first-order valence-electron chi connectivity index (χ1n) is 9.92. The fourth-order valence-electron chi connectivity index (χ4n) is 4.00. The number of hydrogen-bond donors (Lipinski definition) is 1. The number of aromatic nitrogens is 1. The number of thiazole rings is 1. The van der Waals surface area contributed by atoms with Gasteiger partial charge in [0.1, 0.15) is 5.01 Å². The zero-order valence-electron chi connectivity index (χ0n) is 16.5. The van der Waals surface area contributed by atoms with Crippen molar-refractivity contribution in [1.29, 1.82) is 0 Å². The molecular weight excluding hydrogens is 443 g/mol. The van der Waals surface area contributed by atoms with E-state index in [0.29, 0.717) is 5.41 Å². The monoisotopic (exact) mass is 469 g/mol. The van der Waals surface area contributed by atoms with Crippen LogP contribution >= 0.6 is 11.3 Å². The highest BCUT2D eigenvalue weighted by Gasteiger charge is 2.45. The summed E-state index contributed by atoms with van der Waals surface area (Å²) in [6.45, 7) is 4.69. The average Bonchev–Trinajstić information content (AvgIpc) is 3.43. The van der Waals surface area contributed by atoms with Crippen LogP contribution in [-0.4, -0.2) is 71.3 Å². The fraction of sp³-hybridized carbons (Fsp3) is 0.778. The molecule has 1 saturated carbocycles. The number of hydrogen-bond acceptors (Lipinski definition) is 6. The summed E-state index contributed by atoms with van der Waals surface area (Å²) >= 11 is 1.73. The SMILES string of the molecule is O=C(O)C(F)(F)F.O=S(=O)(C1CC1)N1CCC2(CCN(Cc3nccs3)CC2)CC1. The van der Waals surface area contributed by atoms with E-state index < -0.39 is 22.2 Å². The third kappa shape index (κ3) is 5.92. The van der Waals surface area contributed by atoms with Crippen molar-refractivity contribution in [3.05, 3.63) is 16.6 Å². The van der Waals surface area contributed by atoms with Gasteiger partial charge in [0, 0.05) is 24.7 Å². The number of aliphatic carboxylic acids is 1. The van der Waals surface area contributed by atoms with Crippen molar-refractivity contribution >= 4 is 27.3 Å². The molecule has 0 atom stereocenters. The summed E-state index contributed by atoms with van der Waals surface area (Å²) in [6.07, 6.45) is 3.03. The van der Waals surface area contributed by atoms with Crippen LogP contribution in [-0.2, 0) is 21.4 Å². The Kier molecular flexibility index (Phi) is 7.10. The van der Waals surface area contributed by atoms with Crippen molar-refractivity contribution in [3.63, 3.8) is 0 Å². The largest absolute Gasteiger partial charge is 0.490 e. The first-order valence-corrected chi connectivity index (χ1v) is 12.3. The van der Waals surface area contributed by atoms with E-state index in [1.54, 1.807) is 15.6 Å². The summed E-state index contributed by atoms with van der Waals surface area (Å²) in [6, 6.07) is 0. The number of nitrogens with zero attached hydrogens (tertiary/aromatic N) is 3. The molecule has 1 N–H and O–H groups in total. The smallest absolute Gasteiger partial charge is 0.475 e. The lowest BCUT2D eigenvalue weighted by Crippen LogP contribution is -2.48. The molecule has 1 aromatic rings. The predicted molar refractivity (Wildman–Crippen MR) is 105 cm³/mol. The molecule has 1 aliphatic carbocycles. The van der Waals surface area contributed by atoms with E-state index in [-0.39, 0.29) is 5.25 Å². The number of carboxylic acids is 1. The summed E-state index contributed by atoms with van der Waals surface area (Å²) in [5, 5.41) is 10.3. The summed E-state index contributed by atoms with van der Waals surface area (Å²) in [7, 11) is -2.97. The minimum Gasteiger partial charge on any atom is -0.475 e. The van der Waals surface area contributed by atoms with Crippen molar-refractivity contribution in [3.8, 4) is 0 Å². The number of likely N-dealkylation sites (tertiary alicyclic amines) is 1. The molecule has 1 spiro atoms. The molecule has 1 aromatic heterocycles. The number of halogens is 3. The van der Waals surface area contributed by atoms with Crippen LogP contribution in [0, 0.1) is 5.41 Å². The minimum absolute atomic E-state index is 0.0586. The molecule has 2 aliphatic heterocycles. The van der Waals surface area contributed by atoms with Crippen molar-refractivity contribution in [1.82, 2.24) is 14.2 Å². The van der Waals surface area contributed by atoms with Gasteiger partial charge in [0.25, 0.3) is 0 Å². The highest BCUT2D eigenvalue weighted by atomic mass is 32.2. The third-order valence-corrected chi connectivity index (χ3v) is 9.25. The Balaban J connectivity index is 0.000000318. The summed E-state index contributed by atoms with van der Waals surface area (Å²) in [5.74, 6) is -2.76. The van der Waals surface area contributed by atoms with E-state index in [4.69, 9.17) is 9.90 Å². The van der Waals surface area contributed by atoms with Gasteiger partial charge in [-0.25, -0.2) is 22.5 Å². The maximum Gasteiger partial charge on any atom is 0.490 e. The lowest BCUT2D eigenvalue weighted by molar-refractivity contribution is -0.192. The lowest BCUT2D eigenvalue weighted by atomic mass is 9.71. The van der Waals surface area contributed by atoms with E-state index in [1.165, 1.54) is 17.8 Å². The van der Waals surface area contributed by atoms with E-state index in [0.717, 1.165) is 58.4 Å². The second-order valence-corrected chi connectivity index (χ2v) is 11.3. The summed E-state index contributed by atoms with van der Waals surface area (Å²) < 4.78 is 58.2. The molecule has 0 bridgehead atoms. The average molecular weight is 470 g/mol. The van der Waals surface area contributed by atoms with E-state index in [2.05, 4.69) is 9.88 Å². The lowest BCUT2D eigenvalue weighted by Gasteiger charge is -2.46. The van der Waals surface area contributed by atoms with Gasteiger partial charge >= 0.3 is 12.1 Å². The van der Waals surface area contributed by atoms with Crippen molar-refractivity contribution < 1.29 is 31.5 Å². The van der Waals surface area contributed by atoms with Gasteiger partial charge in [-0.3, -0.25) is 4.90 Å². The molecule has 0 aromatic carbocycles. The maximum atomic E-state index is 12.4. The highest BCUT2D eigenvalue weighted by molar-refractivity contribution is 7.90. The Morgan fingerprint density at radius 1 is 1.17 bits per heavy atom. The van der Waals surface area contributed by atoms with E-state index in [1.807, 2.05) is 11.6 Å². The summed E-state index contributed by atoms with van der Waals surface area (Å²) in [5.41, 5.74) is 0.384. The highest BCUT2D eigenvalue weighted by Crippen LogP contribution is 2.43. The maximum absolute atomic E-state index is 12.4. The second-order valence-electron chi connectivity index (χ2n) is 8.15. The Hall–Kier alpha value is -1.24. The molecule has 0 radical (unpaired) electrons. The van der Waals surface area contributed by atoms with E-state index >= 15 is 0 Å². The van der Waals surface area contributed by atoms with E-state index in [9.17, 15) is 21.6 Å². The molecule has 0 unspecified atom stereocenters. The van der Waals surface area contributed by atoms with Crippen molar-refractivity contribution in [2.24, 2.45) is 5.41 Å². The minimum atomic E-state index is -5.08. The first-order chi connectivity index (χ1) is 14.0. The molecule has 7 nitrogen and oxygen atoms in total. The molecule has 3 heterocycles. The van der Waals surface area contributed by atoms with Crippen molar-refractivity contribution in [2.75, 3.05) is 26.2 Å². The van der Waals surface area contributed by atoms with Gasteiger partial charge in [0.15, 0.2) is 0 Å². The zero-order chi connectivity index (χ0) is 22.0. The van der Waals surface area contributed by atoms with Crippen LogP contribution in [0.2, 0.25) is 0 Å². The summed E-state index contributed by atoms with van der Waals surface area (Å²) in [4.78, 5) is 15.8. The van der Waals surface area contributed by atoms with Gasteiger partial charge in [0.05, 0.1) is 11.8 Å². The number of piperidine rings is 2. The Bertz CT molecular complexity index is 808. The molecular formula is C18H26F3N3O4S2. The quantitative estimate of drug-likeness (QED) is 0.729. The topological polar surface area (TPSA) is 90.8 Å². The standard InChI is InChI=1S/C16H25N3O2S2.C2HF3O2/c20-23(21,14-1-2-14)19-10-5-16(6-11-19)3-8-18(9-4-16)13-15-17-7-12-22-15;3-2(4,5)1(6)7/h7,12,14H,1-6,8-11,13H2;(H,6,7). The van der Waals surface area contributed by atoms with Gasteiger partial charge in [-0.05, 0) is 57.0 Å².